The topological polar surface area (TPSA) is 25.4 Å². The Morgan fingerprint density at radius 1 is 1.22 bits per heavy atom. The lowest BCUT2D eigenvalue weighted by Crippen LogP contribution is -2.36. The summed E-state index contributed by atoms with van der Waals surface area (Å²) in [5.41, 5.74) is 3.78. The number of anilines is 1. The van der Waals surface area contributed by atoms with E-state index in [0.29, 0.717) is 0 Å². The van der Waals surface area contributed by atoms with Crippen molar-refractivity contribution in [2.45, 2.75) is 13.8 Å². The quantitative estimate of drug-likeness (QED) is 0.804. The first-order valence-electron chi connectivity index (χ1n) is 5.95. The van der Waals surface area contributed by atoms with Crippen molar-refractivity contribution in [3.05, 3.63) is 23.3 Å². The zero-order valence-electron chi connectivity index (χ0n) is 10.6. The summed E-state index contributed by atoms with van der Waals surface area (Å²) < 4.78 is 6.66. The van der Waals surface area contributed by atoms with E-state index in [1.807, 2.05) is 0 Å². The van der Waals surface area contributed by atoms with Gasteiger partial charge in [-0.1, -0.05) is 17.4 Å². The minimum atomic E-state index is 0. The van der Waals surface area contributed by atoms with Gasteiger partial charge in [-0.15, -0.1) is 12.4 Å². The van der Waals surface area contributed by atoms with Crippen molar-refractivity contribution in [2.24, 2.45) is 0 Å². The second kappa shape index (κ2) is 5.43. The van der Waals surface area contributed by atoms with E-state index >= 15 is 0 Å². The third kappa shape index (κ3) is 2.32. The number of benzene rings is 1. The van der Waals surface area contributed by atoms with E-state index in [-0.39, 0.29) is 12.4 Å². The van der Waals surface area contributed by atoms with Gasteiger partial charge in [-0.25, -0.2) is 4.98 Å². The zero-order chi connectivity index (χ0) is 11.8. The molecule has 3 rings (SSSR count). The molecule has 5 heteroatoms. The molecule has 1 aliphatic rings. The van der Waals surface area contributed by atoms with Crippen LogP contribution in [0.4, 0.5) is 5.13 Å². The molecule has 1 aromatic heterocycles. The number of aromatic nitrogens is 1. The largest absolute Gasteiger partial charge is 0.378 e. The first kappa shape index (κ1) is 13.6. The number of aryl methyl sites for hydroxylation is 2. The number of nitrogens with zero attached hydrogens (tertiary/aromatic N) is 2. The highest BCUT2D eigenvalue weighted by Crippen LogP contribution is 2.32. The third-order valence-electron chi connectivity index (χ3n) is 3.36. The molecule has 0 amide bonds. The predicted molar refractivity (Wildman–Crippen MR) is 79.4 cm³/mol. The lowest BCUT2D eigenvalue weighted by atomic mass is 10.1. The van der Waals surface area contributed by atoms with Gasteiger partial charge >= 0.3 is 0 Å². The second-order valence-corrected chi connectivity index (χ2v) is 5.46. The summed E-state index contributed by atoms with van der Waals surface area (Å²) >= 11 is 1.79. The molecule has 2 heterocycles. The highest BCUT2D eigenvalue weighted by Gasteiger charge is 2.16. The number of morpholine rings is 1. The van der Waals surface area contributed by atoms with Crippen molar-refractivity contribution >= 4 is 39.1 Å². The molecule has 0 spiro atoms. The van der Waals surface area contributed by atoms with Crippen molar-refractivity contribution in [3.63, 3.8) is 0 Å². The Hall–Kier alpha value is -0.840. The zero-order valence-corrected chi connectivity index (χ0v) is 12.2. The van der Waals surface area contributed by atoms with Crippen LogP contribution in [0.5, 0.6) is 0 Å². The lowest BCUT2D eigenvalue weighted by Gasteiger charge is -2.25. The average molecular weight is 285 g/mol. The molecule has 18 heavy (non-hydrogen) atoms. The summed E-state index contributed by atoms with van der Waals surface area (Å²) in [7, 11) is 0. The molecule has 0 atom stereocenters. The number of rotatable bonds is 1. The molecule has 1 aromatic carbocycles. The van der Waals surface area contributed by atoms with E-state index in [0.717, 1.165) is 37.0 Å². The van der Waals surface area contributed by atoms with Gasteiger partial charge in [0.05, 0.1) is 23.4 Å². The Morgan fingerprint density at radius 3 is 2.67 bits per heavy atom. The Labute approximate surface area is 117 Å². The monoisotopic (exact) mass is 284 g/mol. The lowest BCUT2D eigenvalue weighted by molar-refractivity contribution is 0.122. The van der Waals surface area contributed by atoms with E-state index in [1.54, 1.807) is 11.3 Å². The van der Waals surface area contributed by atoms with Crippen LogP contribution in [-0.4, -0.2) is 31.3 Å². The number of ether oxygens (including phenoxy) is 1. The maximum Gasteiger partial charge on any atom is 0.186 e. The van der Waals surface area contributed by atoms with Crippen LogP contribution < -0.4 is 4.90 Å². The standard InChI is InChI=1S/C13H16N2OS.ClH/c1-9-3-4-11-12(10(9)2)14-13(17-11)15-5-7-16-8-6-15;/h3-4H,5-8H2,1-2H3;1H. The van der Waals surface area contributed by atoms with E-state index < -0.39 is 0 Å². The Kier molecular flexibility index (Phi) is 4.10. The average Bonchev–Trinajstić information content (AvgIpc) is 2.80. The SMILES string of the molecule is Cc1ccc2sc(N3CCOCC3)nc2c1C.Cl. The van der Waals surface area contributed by atoms with Crippen LogP contribution in [0, 0.1) is 13.8 Å². The number of thiazole rings is 1. The van der Waals surface area contributed by atoms with Gasteiger partial charge in [0.15, 0.2) is 5.13 Å². The molecular weight excluding hydrogens is 268 g/mol. The number of fused-ring (bicyclic) bond motifs is 1. The van der Waals surface area contributed by atoms with Gasteiger partial charge in [0.2, 0.25) is 0 Å². The molecule has 0 radical (unpaired) electrons. The third-order valence-corrected chi connectivity index (χ3v) is 4.44. The molecule has 1 fully saturated rings. The summed E-state index contributed by atoms with van der Waals surface area (Å²) in [6.07, 6.45) is 0. The summed E-state index contributed by atoms with van der Waals surface area (Å²) in [6.45, 7) is 7.83. The predicted octanol–water partition coefficient (Wildman–Crippen LogP) is 3.17. The molecule has 2 aromatic rings. The van der Waals surface area contributed by atoms with Crippen LogP contribution >= 0.6 is 23.7 Å². The fourth-order valence-corrected chi connectivity index (χ4v) is 3.18. The second-order valence-electron chi connectivity index (χ2n) is 4.45. The molecule has 0 unspecified atom stereocenters. The van der Waals surface area contributed by atoms with Crippen molar-refractivity contribution in [2.75, 3.05) is 31.2 Å². The van der Waals surface area contributed by atoms with Gasteiger partial charge in [0, 0.05) is 13.1 Å². The Balaban J connectivity index is 0.00000120. The minimum Gasteiger partial charge on any atom is -0.378 e. The molecule has 0 bridgehead atoms. The number of halogens is 1. The van der Waals surface area contributed by atoms with Gasteiger partial charge < -0.3 is 9.64 Å². The Bertz CT molecular complexity index is 549. The molecule has 3 nitrogen and oxygen atoms in total. The first-order chi connectivity index (χ1) is 8.25. The van der Waals surface area contributed by atoms with Crippen LogP contribution in [0.1, 0.15) is 11.1 Å². The van der Waals surface area contributed by atoms with E-state index in [9.17, 15) is 0 Å². The molecule has 0 saturated carbocycles. The first-order valence-corrected chi connectivity index (χ1v) is 6.77. The highest BCUT2D eigenvalue weighted by molar-refractivity contribution is 7.22. The van der Waals surface area contributed by atoms with Gasteiger partial charge in [0.25, 0.3) is 0 Å². The minimum absolute atomic E-state index is 0. The summed E-state index contributed by atoms with van der Waals surface area (Å²) in [5.74, 6) is 0. The van der Waals surface area contributed by atoms with Crippen LogP contribution in [0.15, 0.2) is 12.1 Å². The summed E-state index contributed by atoms with van der Waals surface area (Å²) in [5, 5.41) is 1.14. The van der Waals surface area contributed by atoms with Crippen molar-refractivity contribution in [1.29, 1.82) is 0 Å². The molecule has 98 valence electrons. The van der Waals surface area contributed by atoms with Gasteiger partial charge in [0.1, 0.15) is 0 Å². The normalized spacial score (nSPS) is 15.8. The fourth-order valence-electron chi connectivity index (χ4n) is 2.10. The smallest absolute Gasteiger partial charge is 0.186 e. The summed E-state index contributed by atoms with van der Waals surface area (Å²) in [4.78, 5) is 7.11. The number of hydrogen-bond acceptors (Lipinski definition) is 4. The van der Waals surface area contributed by atoms with E-state index in [4.69, 9.17) is 9.72 Å². The van der Waals surface area contributed by atoms with Crippen molar-refractivity contribution in [3.8, 4) is 0 Å². The molecule has 1 saturated heterocycles. The summed E-state index contributed by atoms with van der Waals surface area (Å²) in [6, 6.07) is 4.36. The van der Waals surface area contributed by atoms with E-state index in [2.05, 4.69) is 30.9 Å². The van der Waals surface area contributed by atoms with Crippen LogP contribution in [0.2, 0.25) is 0 Å². The van der Waals surface area contributed by atoms with Gasteiger partial charge in [-0.2, -0.15) is 0 Å². The molecular formula is C13H17ClN2OS. The van der Waals surface area contributed by atoms with E-state index in [1.165, 1.54) is 15.8 Å². The van der Waals surface area contributed by atoms with Gasteiger partial charge in [-0.3, -0.25) is 0 Å². The van der Waals surface area contributed by atoms with Crippen LogP contribution in [-0.2, 0) is 4.74 Å². The van der Waals surface area contributed by atoms with Gasteiger partial charge in [-0.05, 0) is 31.0 Å². The molecule has 0 aliphatic carbocycles. The number of hydrogen-bond donors (Lipinski definition) is 0. The maximum atomic E-state index is 5.37. The maximum absolute atomic E-state index is 5.37. The Morgan fingerprint density at radius 2 is 1.94 bits per heavy atom. The fraction of sp³-hybridized carbons (Fsp3) is 0.462. The molecule has 0 N–H and O–H groups in total. The van der Waals surface area contributed by atoms with Crippen LogP contribution in [0.25, 0.3) is 10.2 Å². The van der Waals surface area contributed by atoms with Crippen LogP contribution in [0.3, 0.4) is 0 Å². The highest BCUT2D eigenvalue weighted by atomic mass is 35.5. The van der Waals surface area contributed by atoms with Crippen molar-refractivity contribution in [1.82, 2.24) is 4.98 Å². The van der Waals surface area contributed by atoms with Crippen molar-refractivity contribution < 1.29 is 4.74 Å². The molecule has 1 aliphatic heterocycles.